The van der Waals surface area contributed by atoms with Crippen LogP contribution in [0.25, 0.3) is 11.4 Å². The number of aryl methyl sites for hydroxylation is 3. The van der Waals surface area contributed by atoms with Crippen molar-refractivity contribution in [2.24, 2.45) is 0 Å². The number of para-hydroxylation sites is 2. The summed E-state index contributed by atoms with van der Waals surface area (Å²) in [5.74, 6) is -0.846. The number of aromatic amines is 2. The van der Waals surface area contributed by atoms with E-state index in [1.165, 1.54) is 15.4 Å². The molecule has 2 heterocycles. The molecule has 0 aliphatic rings. The Balaban J connectivity index is 1.81. The molecule has 5 aromatic rings. The Bertz CT molecular complexity index is 1630. The Labute approximate surface area is 211 Å². The molecule has 37 heavy (non-hydrogen) atoms. The molecule has 0 aliphatic heterocycles. The van der Waals surface area contributed by atoms with Crippen molar-refractivity contribution in [3.8, 4) is 11.4 Å². The minimum atomic E-state index is -0.846. The molecule has 9 heteroatoms. The van der Waals surface area contributed by atoms with E-state index < -0.39 is 10.8 Å². The fourth-order valence-corrected chi connectivity index (χ4v) is 4.80. The van der Waals surface area contributed by atoms with Crippen LogP contribution in [-0.4, -0.2) is 24.5 Å². The monoisotopic (exact) mass is 495 g/mol. The maximum Gasteiger partial charge on any atom is 0.275 e. The number of aromatic nitrogens is 4. The predicted octanol–water partition coefficient (Wildman–Crippen LogP) is 4.66. The summed E-state index contributed by atoms with van der Waals surface area (Å²) >= 11 is 0. The van der Waals surface area contributed by atoms with Crippen LogP contribution in [-0.2, 0) is 0 Å². The van der Waals surface area contributed by atoms with E-state index >= 15 is 0 Å². The van der Waals surface area contributed by atoms with Crippen LogP contribution in [0.3, 0.4) is 0 Å². The second-order valence-electron chi connectivity index (χ2n) is 8.99. The van der Waals surface area contributed by atoms with Gasteiger partial charge in [-0.15, -0.1) is 0 Å². The first kappa shape index (κ1) is 23.8. The maximum atomic E-state index is 13.8. The van der Waals surface area contributed by atoms with E-state index in [1.54, 1.807) is 57.2 Å². The third kappa shape index (κ3) is 4.10. The molecule has 0 bridgehead atoms. The van der Waals surface area contributed by atoms with E-state index in [2.05, 4.69) is 10.2 Å². The van der Waals surface area contributed by atoms with Crippen LogP contribution in [0.4, 0.5) is 5.69 Å². The lowest BCUT2D eigenvalue weighted by Gasteiger charge is -2.16. The second-order valence-corrected chi connectivity index (χ2v) is 8.99. The van der Waals surface area contributed by atoms with Gasteiger partial charge in [0.05, 0.1) is 27.4 Å². The minimum Gasteiger partial charge on any atom is -0.295 e. The topological polar surface area (TPSA) is 119 Å². The fourth-order valence-electron chi connectivity index (χ4n) is 4.80. The Kier molecular flexibility index (Phi) is 5.96. The number of rotatable bonds is 6. The zero-order chi connectivity index (χ0) is 26.3. The first-order valence-corrected chi connectivity index (χ1v) is 11.8. The molecule has 9 nitrogen and oxygen atoms in total. The summed E-state index contributed by atoms with van der Waals surface area (Å²) in [5, 5.41) is 18.0. The zero-order valence-corrected chi connectivity index (χ0v) is 20.6. The standard InChI is InChI=1S/C28H25N5O4/c1-17-14-15-20(16-23(17)33(36)37)26(24-18(2)29-31(27(24)34)21-10-6-4-7-11-21)25-19(3)30-32(28(25)35)22-12-8-5-9-13-22/h4-16,26,29-30H,1-3H3. The van der Waals surface area contributed by atoms with Gasteiger partial charge in [0.2, 0.25) is 0 Å². The van der Waals surface area contributed by atoms with Gasteiger partial charge < -0.3 is 0 Å². The molecule has 2 N–H and O–H groups in total. The third-order valence-corrected chi connectivity index (χ3v) is 6.60. The molecule has 2 aromatic heterocycles. The molecular weight excluding hydrogens is 470 g/mol. The van der Waals surface area contributed by atoms with Crippen LogP contribution in [0.2, 0.25) is 0 Å². The summed E-state index contributed by atoms with van der Waals surface area (Å²) in [5.41, 5.74) is 3.35. The molecule has 186 valence electrons. The normalized spacial score (nSPS) is 11.2. The van der Waals surface area contributed by atoms with Gasteiger partial charge in [-0.25, -0.2) is 9.36 Å². The van der Waals surface area contributed by atoms with Gasteiger partial charge in [0, 0.05) is 28.9 Å². The number of nitro groups is 1. The molecule has 0 unspecified atom stereocenters. The molecule has 0 atom stereocenters. The quantitative estimate of drug-likeness (QED) is 0.263. The van der Waals surface area contributed by atoms with Crippen LogP contribution < -0.4 is 11.1 Å². The molecule has 0 radical (unpaired) electrons. The maximum absolute atomic E-state index is 13.8. The molecule has 0 fully saturated rings. The highest BCUT2D eigenvalue weighted by Crippen LogP contribution is 2.34. The highest BCUT2D eigenvalue weighted by atomic mass is 16.6. The first-order chi connectivity index (χ1) is 17.8. The average molecular weight is 496 g/mol. The first-order valence-electron chi connectivity index (χ1n) is 11.8. The molecule has 0 spiro atoms. The lowest BCUT2D eigenvalue weighted by molar-refractivity contribution is -0.385. The smallest absolute Gasteiger partial charge is 0.275 e. The summed E-state index contributed by atoms with van der Waals surface area (Å²) in [6, 6.07) is 23.1. The van der Waals surface area contributed by atoms with Crippen molar-refractivity contribution < 1.29 is 4.92 Å². The summed E-state index contributed by atoms with van der Waals surface area (Å²) < 4.78 is 2.86. The number of hydrogen-bond donors (Lipinski definition) is 2. The highest BCUT2D eigenvalue weighted by Gasteiger charge is 2.32. The molecule has 0 saturated carbocycles. The van der Waals surface area contributed by atoms with Gasteiger partial charge in [0.25, 0.3) is 16.8 Å². The Morgan fingerprint density at radius 2 is 1.19 bits per heavy atom. The summed E-state index contributed by atoms with van der Waals surface area (Å²) in [4.78, 5) is 39.0. The summed E-state index contributed by atoms with van der Waals surface area (Å²) in [7, 11) is 0. The van der Waals surface area contributed by atoms with Crippen LogP contribution in [0.15, 0.2) is 88.5 Å². The Hall–Kier alpha value is -4.92. The van der Waals surface area contributed by atoms with Crippen LogP contribution in [0, 0.1) is 30.9 Å². The van der Waals surface area contributed by atoms with Gasteiger partial charge in [0.1, 0.15) is 0 Å². The van der Waals surface area contributed by atoms with Gasteiger partial charge >= 0.3 is 0 Å². The number of nitrogens with zero attached hydrogens (tertiary/aromatic N) is 3. The summed E-state index contributed by atoms with van der Waals surface area (Å²) in [6.07, 6.45) is 0. The predicted molar refractivity (Wildman–Crippen MR) is 141 cm³/mol. The SMILES string of the molecule is Cc1ccc(C(c2c(C)[nH]n(-c3ccccc3)c2=O)c2c(C)[nH]n(-c3ccccc3)c2=O)cc1[N+](=O)[O-]. The van der Waals surface area contributed by atoms with E-state index in [4.69, 9.17) is 0 Å². The van der Waals surface area contributed by atoms with Crippen LogP contribution in [0.1, 0.15) is 39.6 Å². The Morgan fingerprint density at radius 3 is 1.62 bits per heavy atom. The minimum absolute atomic E-state index is 0.0735. The van der Waals surface area contributed by atoms with Crippen molar-refractivity contribution in [3.05, 3.63) is 143 Å². The molecule has 0 saturated heterocycles. The average Bonchev–Trinajstić information content (AvgIpc) is 3.36. The van der Waals surface area contributed by atoms with Gasteiger partial charge in [-0.2, -0.15) is 0 Å². The van der Waals surface area contributed by atoms with Crippen molar-refractivity contribution in [1.29, 1.82) is 0 Å². The lowest BCUT2D eigenvalue weighted by atomic mass is 9.84. The Morgan fingerprint density at radius 1 is 0.730 bits per heavy atom. The van der Waals surface area contributed by atoms with E-state index in [9.17, 15) is 19.7 Å². The van der Waals surface area contributed by atoms with Crippen molar-refractivity contribution in [2.45, 2.75) is 26.7 Å². The zero-order valence-electron chi connectivity index (χ0n) is 20.6. The number of nitrogens with one attached hydrogen (secondary N) is 2. The number of benzene rings is 3. The van der Waals surface area contributed by atoms with E-state index in [-0.39, 0.29) is 16.8 Å². The van der Waals surface area contributed by atoms with Crippen LogP contribution in [0.5, 0.6) is 0 Å². The van der Waals surface area contributed by atoms with Gasteiger partial charge in [0.15, 0.2) is 0 Å². The number of hydrogen-bond acceptors (Lipinski definition) is 4. The van der Waals surface area contributed by atoms with Gasteiger partial charge in [-0.05, 0) is 50.6 Å². The van der Waals surface area contributed by atoms with Crippen molar-refractivity contribution >= 4 is 5.69 Å². The fraction of sp³-hybridized carbons (Fsp3) is 0.143. The third-order valence-electron chi connectivity index (χ3n) is 6.60. The van der Waals surface area contributed by atoms with Gasteiger partial charge in [-0.3, -0.25) is 29.9 Å². The highest BCUT2D eigenvalue weighted by molar-refractivity contribution is 5.52. The molecule has 3 aromatic carbocycles. The number of H-pyrrole nitrogens is 2. The second kappa shape index (κ2) is 9.27. The van der Waals surface area contributed by atoms with E-state index in [0.717, 1.165) is 0 Å². The van der Waals surface area contributed by atoms with Crippen molar-refractivity contribution in [3.63, 3.8) is 0 Å². The van der Waals surface area contributed by atoms with E-state index in [1.807, 2.05) is 36.4 Å². The summed E-state index contributed by atoms with van der Waals surface area (Å²) in [6.45, 7) is 5.19. The molecule has 0 amide bonds. The van der Waals surface area contributed by atoms with E-state index in [0.29, 0.717) is 45.0 Å². The lowest BCUT2D eigenvalue weighted by Crippen LogP contribution is -2.25. The molecule has 0 aliphatic carbocycles. The molecule has 5 rings (SSSR count). The number of nitro benzene ring substituents is 1. The largest absolute Gasteiger partial charge is 0.295 e. The van der Waals surface area contributed by atoms with Crippen molar-refractivity contribution in [2.75, 3.05) is 0 Å². The molecular formula is C28H25N5O4. The van der Waals surface area contributed by atoms with Crippen LogP contribution >= 0.6 is 0 Å². The van der Waals surface area contributed by atoms with Gasteiger partial charge in [-0.1, -0.05) is 48.5 Å². The van der Waals surface area contributed by atoms with Crippen molar-refractivity contribution in [1.82, 2.24) is 19.6 Å².